The molecule has 0 aliphatic rings. The van der Waals surface area contributed by atoms with Crippen LogP contribution in [0.4, 0.5) is 0 Å². The first-order valence-electron chi connectivity index (χ1n) is 5.46. The fraction of sp³-hybridized carbons (Fsp3) is 0.143. The van der Waals surface area contributed by atoms with Crippen molar-refractivity contribution >= 4 is 5.57 Å². The van der Waals surface area contributed by atoms with Crippen LogP contribution in [0.25, 0.3) is 17.0 Å². The van der Waals surface area contributed by atoms with Crippen LogP contribution in [0.3, 0.4) is 0 Å². The summed E-state index contributed by atoms with van der Waals surface area (Å²) in [6, 6.07) is 9.78. The molecule has 1 N–H and O–H groups in total. The third-order valence-corrected chi connectivity index (χ3v) is 2.56. The summed E-state index contributed by atoms with van der Waals surface area (Å²) in [5.74, 6) is 0.725. The van der Waals surface area contributed by atoms with E-state index in [0.717, 1.165) is 22.5 Å². The van der Waals surface area contributed by atoms with Crippen LogP contribution in [0.15, 0.2) is 48.8 Å². The summed E-state index contributed by atoms with van der Waals surface area (Å²) in [5, 5.41) is 8.83. The summed E-state index contributed by atoms with van der Waals surface area (Å²) < 4.78 is 0. The van der Waals surface area contributed by atoms with E-state index in [1.165, 1.54) is 0 Å². The van der Waals surface area contributed by atoms with Crippen LogP contribution in [-0.4, -0.2) is 21.7 Å². The smallest absolute Gasteiger partial charge is 0.159 e. The highest BCUT2D eigenvalue weighted by molar-refractivity contribution is 5.66. The normalized spacial score (nSPS) is 11.5. The van der Waals surface area contributed by atoms with E-state index in [1.807, 2.05) is 31.2 Å². The average molecular weight is 226 g/mol. The maximum atomic E-state index is 8.83. The van der Waals surface area contributed by atoms with Gasteiger partial charge in [0.2, 0.25) is 0 Å². The molecular formula is C14H14N2O. The molecule has 3 nitrogen and oxygen atoms in total. The summed E-state index contributed by atoms with van der Waals surface area (Å²) in [7, 11) is 0. The van der Waals surface area contributed by atoms with E-state index in [-0.39, 0.29) is 6.61 Å². The highest BCUT2D eigenvalue weighted by Gasteiger charge is 2.00. The van der Waals surface area contributed by atoms with Crippen LogP contribution in [0.1, 0.15) is 12.5 Å². The zero-order valence-electron chi connectivity index (χ0n) is 9.67. The monoisotopic (exact) mass is 226 g/mol. The number of aliphatic hydroxyl groups is 1. The molecule has 0 amide bonds. The highest BCUT2D eigenvalue weighted by Crippen LogP contribution is 2.19. The van der Waals surface area contributed by atoms with Gasteiger partial charge in [-0.05, 0) is 24.1 Å². The van der Waals surface area contributed by atoms with E-state index in [0.29, 0.717) is 0 Å². The molecular weight excluding hydrogens is 212 g/mol. The van der Waals surface area contributed by atoms with E-state index < -0.39 is 0 Å². The van der Waals surface area contributed by atoms with Crippen molar-refractivity contribution in [2.75, 3.05) is 6.61 Å². The molecule has 0 spiro atoms. The number of aromatic nitrogens is 2. The molecule has 3 heteroatoms. The van der Waals surface area contributed by atoms with Crippen LogP contribution in [0, 0.1) is 0 Å². The minimum absolute atomic E-state index is 0.0649. The Morgan fingerprint density at radius 3 is 2.41 bits per heavy atom. The third kappa shape index (κ3) is 2.77. The fourth-order valence-electron chi connectivity index (χ4n) is 1.59. The van der Waals surface area contributed by atoms with Gasteiger partial charge in [0, 0.05) is 18.0 Å². The van der Waals surface area contributed by atoms with Gasteiger partial charge >= 0.3 is 0 Å². The first kappa shape index (κ1) is 11.5. The topological polar surface area (TPSA) is 46.0 Å². The molecule has 0 atom stereocenters. The first-order valence-corrected chi connectivity index (χ1v) is 5.46. The van der Waals surface area contributed by atoms with Crippen molar-refractivity contribution in [1.82, 2.24) is 9.97 Å². The predicted octanol–water partition coefficient (Wildman–Crippen LogP) is 2.54. The van der Waals surface area contributed by atoms with E-state index in [2.05, 4.69) is 9.97 Å². The van der Waals surface area contributed by atoms with Crippen LogP contribution in [0.2, 0.25) is 0 Å². The van der Waals surface area contributed by atoms with Gasteiger partial charge in [-0.3, -0.25) is 0 Å². The van der Waals surface area contributed by atoms with Crippen molar-refractivity contribution in [3.63, 3.8) is 0 Å². The van der Waals surface area contributed by atoms with E-state index in [4.69, 9.17) is 5.11 Å². The van der Waals surface area contributed by atoms with Crippen molar-refractivity contribution in [3.05, 3.63) is 54.4 Å². The Morgan fingerprint density at radius 1 is 1.18 bits per heavy atom. The molecule has 2 aromatic rings. The second kappa shape index (κ2) is 5.37. The molecule has 0 bridgehead atoms. The van der Waals surface area contributed by atoms with Gasteiger partial charge in [0.15, 0.2) is 5.82 Å². The van der Waals surface area contributed by atoms with Crippen molar-refractivity contribution in [1.29, 1.82) is 0 Å². The van der Waals surface area contributed by atoms with Gasteiger partial charge < -0.3 is 5.11 Å². The molecule has 17 heavy (non-hydrogen) atoms. The van der Waals surface area contributed by atoms with Crippen LogP contribution in [0.5, 0.6) is 0 Å². The molecule has 0 saturated heterocycles. The Labute approximate surface area is 100 Å². The molecule has 0 radical (unpaired) electrons. The summed E-state index contributed by atoms with van der Waals surface area (Å²) in [6.45, 7) is 2.04. The number of benzene rings is 1. The maximum Gasteiger partial charge on any atom is 0.159 e. The highest BCUT2D eigenvalue weighted by atomic mass is 16.2. The Hall–Kier alpha value is -2.00. The largest absolute Gasteiger partial charge is 0.392 e. The Kier molecular flexibility index (Phi) is 3.62. The van der Waals surface area contributed by atoms with Crippen molar-refractivity contribution in [2.45, 2.75) is 6.92 Å². The lowest BCUT2D eigenvalue weighted by Gasteiger charge is -2.03. The number of hydrogen-bond donors (Lipinski definition) is 1. The summed E-state index contributed by atoms with van der Waals surface area (Å²) >= 11 is 0. The second-order valence-corrected chi connectivity index (χ2v) is 3.72. The van der Waals surface area contributed by atoms with E-state index >= 15 is 0 Å². The molecule has 86 valence electrons. The lowest BCUT2D eigenvalue weighted by Crippen LogP contribution is -1.88. The molecule has 1 heterocycles. The molecule has 0 saturated carbocycles. The molecule has 0 aliphatic heterocycles. The SMILES string of the molecule is C/C(=C\CO)c1ccc(-c2ncccn2)cc1. The number of nitrogens with zero attached hydrogens (tertiary/aromatic N) is 2. The molecule has 1 aromatic heterocycles. The predicted molar refractivity (Wildman–Crippen MR) is 68.2 cm³/mol. The fourth-order valence-corrected chi connectivity index (χ4v) is 1.59. The Balaban J connectivity index is 2.28. The Bertz CT molecular complexity index is 504. The zero-order chi connectivity index (χ0) is 12.1. The maximum absolute atomic E-state index is 8.83. The Morgan fingerprint density at radius 2 is 1.82 bits per heavy atom. The molecule has 0 aliphatic carbocycles. The minimum atomic E-state index is 0.0649. The summed E-state index contributed by atoms with van der Waals surface area (Å²) in [4.78, 5) is 8.39. The third-order valence-electron chi connectivity index (χ3n) is 2.56. The minimum Gasteiger partial charge on any atom is -0.392 e. The number of rotatable bonds is 3. The number of aliphatic hydroxyl groups excluding tert-OH is 1. The van der Waals surface area contributed by atoms with Gasteiger partial charge in [-0.2, -0.15) is 0 Å². The van der Waals surface area contributed by atoms with Gasteiger partial charge in [0.05, 0.1) is 6.61 Å². The van der Waals surface area contributed by atoms with E-state index in [9.17, 15) is 0 Å². The van der Waals surface area contributed by atoms with Crippen molar-refractivity contribution < 1.29 is 5.11 Å². The van der Waals surface area contributed by atoms with Gasteiger partial charge in [-0.15, -0.1) is 0 Å². The lowest BCUT2D eigenvalue weighted by molar-refractivity contribution is 0.343. The van der Waals surface area contributed by atoms with Gasteiger partial charge in [-0.25, -0.2) is 9.97 Å². The second-order valence-electron chi connectivity index (χ2n) is 3.72. The quantitative estimate of drug-likeness (QED) is 0.874. The van der Waals surface area contributed by atoms with Crippen LogP contribution >= 0.6 is 0 Å². The number of hydrogen-bond acceptors (Lipinski definition) is 3. The standard InChI is InChI=1S/C14H14N2O/c1-11(7-10-17)12-3-5-13(6-4-12)14-15-8-2-9-16-14/h2-9,17H,10H2,1H3/b11-7+. The zero-order valence-corrected chi connectivity index (χ0v) is 9.67. The van der Waals surface area contributed by atoms with Gasteiger partial charge in [-0.1, -0.05) is 30.3 Å². The van der Waals surface area contributed by atoms with Gasteiger partial charge in [0.1, 0.15) is 0 Å². The summed E-state index contributed by atoms with van der Waals surface area (Å²) in [5.41, 5.74) is 3.15. The first-order chi connectivity index (χ1) is 8.31. The molecule has 0 unspecified atom stereocenters. The van der Waals surface area contributed by atoms with E-state index in [1.54, 1.807) is 24.5 Å². The van der Waals surface area contributed by atoms with Crippen LogP contribution in [-0.2, 0) is 0 Å². The van der Waals surface area contributed by atoms with Crippen LogP contribution < -0.4 is 0 Å². The van der Waals surface area contributed by atoms with Crippen molar-refractivity contribution in [3.8, 4) is 11.4 Å². The van der Waals surface area contributed by atoms with Crippen molar-refractivity contribution in [2.24, 2.45) is 0 Å². The van der Waals surface area contributed by atoms with Gasteiger partial charge in [0.25, 0.3) is 0 Å². The molecule has 1 aromatic carbocycles. The summed E-state index contributed by atoms with van der Waals surface area (Å²) in [6.07, 6.45) is 5.24. The molecule has 2 rings (SSSR count). The number of allylic oxidation sites excluding steroid dienone is 1. The molecule has 0 fully saturated rings. The lowest BCUT2D eigenvalue weighted by atomic mass is 10.0. The average Bonchev–Trinajstić information content (AvgIpc) is 2.40.